The van der Waals surface area contributed by atoms with Gasteiger partial charge in [-0.15, -0.1) is 0 Å². The van der Waals surface area contributed by atoms with Gasteiger partial charge in [0.25, 0.3) is 0 Å². The number of hydrogen-bond donors (Lipinski definition) is 2. The summed E-state index contributed by atoms with van der Waals surface area (Å²) in [5, 5.41) is 6.74. The van der Waals surface area contributed by atoms with E-state index in [1.54, 1.807) is 0 Å². The van der Waals surface area contributed by atoms with E-state index in [0.717, 1.165) is 38.4 Å². The fraction of sp³-hybridized carbons (Fsp3) is 0.619. The Hall–Kier alpha value is -2.08. The summed E-state index contributed by atoms with van der Waals surface area (Å²) in [5.41, 5.74) is 1.20. The molecule has 1 saturated heterocycles. The number of amides is 1. The number of rotatable bonds is 9. The minimum atomic E-state index is 0.0992. The van der Waals surface area contributed by atoms with Crippen LogP contribution in [0.15, 0.2) is 35.3 Å². The Kier molecular flexibility index (Phi) is 9.11. The molecule has 0 saturated carbocycles. The van der Waals surface area contributed by atoms with Crippen LogP contribution in [-0.2, 0) is 9.53 Å². The van der Waals surface area contributed by atoms with Gasteiger partial charge in [0.1, 0.15) is 0 Å². The number of nitrogens with zero attached hydrogens (tertiary/aromatic N) is 2. The van der Waals surface area contributed by atoms with E-state index >= 15 is 0 Å². The lowest BCUT2D eigenvalue weighted by atomic mass is 10.1. The zero-order chi connectivity index (χ0) is 19.5. The molecule has 1 aliphatic rings. The number of benzene rings is 1. The standard InChI is InChI=1S/C21H34N4O2/c1-4-20(26)25-14-12-19(16-25)24-21(22-5-2)23-13-9-15-27-17(3)18-10-7-6-8-11-18/h6-8,10-11,17,19H,4-5,9,12-16H2,1-3H3,(H2,22,23,24). The van der Waals surface area contributed by atoms with Crippen molar-refractivity contribution in [1.29, 1.82) is 0 Å². The summed E-state index contributed by atoms with van der Waals surface area (Å²) in [6, 6.07) is 10.5. The maximum atomic E-state index is 11.8. The smallest absolute Gasteiger partial charge is 0.222 e. The van der Waals surface area contributed by atoms with Crippen LogP contribution in [0.25, 0.3) is 0 Å². The van der Waals surface area contributed by atoms with Crippen LogP contribution >= 0.6 is 0 Å². The van der Waals surface area contributed by atoms with Crippen LogP contribution in [0.2, 0.25) is 0 Å². The van der Waals surface area contributed by atoms with Gasteiger partial charge in [-0.1, -0.05) is 37.3 Å². The number of guanidine groups is 1. The van der Waals surface area contributed by atoms with Crippen LogP contribution in [0.3, 0.4) is 0 Å². The molecule has 0 bridgehead atoms. The third-order valence-electron chi connectivity index (χ3n) is 4.74. The second-order valence-electron chi connectivity index (χ2n) is 6.86. The van der Waals surface area contributed by atoms with Crippen LogP contribution in [-0.4, -0.2) is 55.6 Å². The minimum Gasteiger partial charge on any atom is -0.374 e. The predicted molar refractivity (Wildman–Crippen MR) is 110 cm³/mol. The molecule has 1 heterocycles. The highest BCUT2D eigenvalue weighted by molar-refractivity contribution is 5.80. The quantitative estimate of drug-likeness (QED) is 0.396. The van der Waals surface area contributed by atoms with Crippen molar-refractivity contribution in [3.63, 3.8) is 0 Å². The zero-order valence-electron chi connectivity index (χ0n) is 16.9. The van der Waals surface area contributed by atoms with E-state index in [0.29, 0.717) is 19.6 Å². The molecule has 2 N–H and O–H groups in total. The average Bonchev–Trinajstić information content (AvgIpc) is 3.16. The number of ether oxygens (including phenoxy) is 1. The van der Waals surface area contributed by atoms with Crippen LogP contribution in [0.1, 0.15) is 51.7 Å². The molecule has 1 fully saturated rings. The second-order valence-corrected chi connectivity index (χ2v) is 6.86. The molecule has 6 heteroatoms. The Morgan fingerprint density at radius 3 is 2.81 bits per heavy atom. The molecule has 2 rings (SSSR count). The first-order valence-corrected chi connectivity index (χ1v) is 10.1. The highest BCUT2D eigenvalue weighted by atomic mass is 16.5. The lowest BCUT2D eigenvalue weighted by molar-refractivity contribution is -0.129. The average molecular weight is 375 g/mol. The molecule has 6 nitrogen and oxygen atoms in total. The highest BCUT2D eigenvalue weighted by Crippen LogP contribution is 2.15. The lowest BCUT2D eigenvalue weighted by Gasteiger charge is -2.18. The number of carbonyl (C=O) groups is 1. The molecular weight excluding hydrogens is 340 g/mol. The molecule has 1 aromatic carbocycles. The van der Waals surface area contributed by atoms with E-state index in [1.807, 2.05) is 30.0 Å². The Labute approximate surface area is 163 Å². The Morgan fingerprint density at radius 2 is 2.11 bits per heavy atom. The largest absolute Gasteiger partial charge is 0.374 e. The van der Waals surface area contributed by atoms with Crippen LogP contribution in [0.4, 0.5) is 0 Å². The maximum Gasteiger partial charge on any atom is 0.222 e. The monoisotopic (exact) mass is 374 g/mol. The van der Waals surface area contributed by atoms with Gasteiger partial charge in [0.05, 0.1) is 6.10 Å². The van der Waals surface area contributed by atoms with Crippen molar-refractivity contribution in [1.82, 2.24) is 15.5 Å². The van der Waals surface area contributed by atoms with Gasteiger partial charge in [-0.3, -0.25) is 9.79 Å². The summed E-state index contributed by atoms with van der Waals surface area (Å²) in [7, 11) is 0. The molecule has 0 aliphatic carbocycles. The number of hydrogen-bond acceptors (Lipinski definition) is 3. The van der Waals surface area contributed by atoms with E-state index < -0.39 is 0 Å². The van der Waals surface area contributed by atoms with E-state index in [-0.39, 0.29) is 18.1 Å². The molecule has 27 heavy (non-hydrogen) atoms. The van der Waals surface area contributed by atoms with Crippen molar-refractivity contribution in [2.45, 2.75) is 52.2 Å². The van der Waals surface area contributed by atoms with Crippen molar-refractivity contribution in [2.24, 2.45) is 4.99 Å². The summed E-state index contributed by atoms with van der Waals surface area (Å²) in [6.07, 6.45) is 2.51. The van der Waals surface area contributed by atoms with Gasteiger partial charge in [-0.2, -0.15) is 0 Å². The number of aliphatic imine (C=N–C) groups is 1. The summed E-state index contributed by atoms with van der Waals surface area (Å²) < 4.78 is 5.90. The van der Waals surface area contributed by atoms with E-state index in [4.69, 9.17) is 4.74 Å². The fourth-order valence-electron chi connectivity index (χ4n) is 3.18. The van der Waals surface area contributed by atoms with Crippen molar-refractivity contribution in [3.8, 4) is 0 Å². The molecule has 0 radical (unpaired) electrons. The predicted octanol–water partition coefficient (Wildman–Crippen LogP) is 2.72. The van der Waals surface area contributed by atoms with E-state index in [1.165, 1.54) is 5.56 Å². The van der Waals surface area contributed by atoms with Crippen LogP contribution in [0, 0.1) is 0 Å². The van der Waals surface area contributed by atoms with E-state index in [2.05, 4.69) is 41.6 Å². The molecule has 1 aromatic rings. The van der Waals surface area contributed by atoms with Crippen molar-refractivity contribution in [3.05, 3.63) is 35.9 Å². The summed E-state index contributed by atoms with van der Waals surface area (Å²) in [4.78, 5) is 18.4. The van der Waals surface area contributed by atoms with Gasteiger partial charge >= 0.3 is 0 Å². The van der Waals surface area contributed by atoms with Crippen molar-refractivity contribution in [2.75, 3.05) is 32.8 Å². The van der Waals surface area contributed by atoms with Crippen molar-refractivity contribution < 1.29 is 9.53 Å². The molecule has 0 spiro atoms. The Bertz CT molecular complexity index is 591. The third-order valence-corrected chi connectivity index (χ3v) is 4.74. The van der Waals surface area contributed by atoms with Gasteiger partial charge in [0.2, 0.25) is 5.91 Å². The zero-order valence-corrected chi connectivity index (χ0v) is 16.9. The molecule has 1 aliphatic heterocycles. The molecule has 0 aromatic heterocycles. The van der Waals surface area contributed by atoms with Gasteiger partial charge in [-0.05, 0) is 32.3 Å². The Balaban J connectivity index is 1.71. The lowest BCUT2D eigenvalue weighted by Crippen LogP contribution is -2.45. The SMILES string of the molecule is CCNC(=NCCCOC(C)c1ccccc1)NC1CCN(C(=O)CC)C1. The molecule has 1 amide bonds. The summed E-state index contributed by atoms with van der Waals surface area (Å²) >= 11 is 0. The first kappa shape index (κ1) is 21.2. The minimum absolute atomic E-state index is 0.0992. The molecule has 2 unspecified atom stereocenters. The normalized spacial score (nSPS) is 18.4. The molecule has 150 valence electrons. The number of nitrogens with one attached hydrogen (secondary N) is 2. The third kappa shape index (κ3) is 7.21. The summed E-state index contributed by atoms with van der Waals surface area (Å²) in [5.74, 6) is 1.05. The number of likely N-dealkylation sites (tertiary alicyclic amines) is 1. The molecule has 2 atom stereocenters. The van der Waals surface area contributed by atoms with Gasteiger partial charge in [0.15, 0.2) is 5.96 Å². The first-order valence-electron chi connectivity index (χ1n) is 10.1. The van der Waals surface area contributed by atoms with Crippen molar-refractivity contribution >= 4 is 11.9 Å². The van der Waals surface area contributed by atoms with E-state index in [9.17, 15) is 4.79 Å². The van der Waals surface area contributed by atoms with Gasteiger partial charge < -0.3 is 20.3 Å². The second kappa shape index (κ2) is 11.6. The topological polar surface area (TPSA) is 66.0 Å². The maximum absolute atomic E-state index is 11.8. The van der Waals surface area contributed by atoms with Crippen LogP contribution < -0.4 is 10.6 Å². The fourth-order valence-corrected chi connectivity index (χ4v) is 3.18. The van der Waals surface area contributed by atoms with Gasteiger partial charge in [-0.25, -0.2) is 0 Å². The van der Waals surface area contributed by atoms with Crippen LogP contribution in [0.5, 0.6) is 0 Å². The Morgan fingerprint density at radius 1 is 1.33 bits per heavy atom. The number of carbonyl (C=O) groups excluding carboxylic acids is 1. The first-order chi connectivity index (χ1) is 13.1. The highest BCUT2D eigenvalue weighted by Gasteiger charge is 2.25. The summed E-state index contributed by atoms with van der Waals surface area (Å²) in [6.45, 7) is 9.84. The molecular formula is C21H34N4O2. The van der Waals surface area contributed by atoms with Gasteiger partial charge in [0, 0.05) is 45.2 Å².